The van der Waals surface area contributed by atoms with Gasteiger partial charge in [-0.2, -0.15) is 0 Å². The molecule has 2 rings (SSSR count). The van der Waals surface area contributed by atoms with Gasteiger partial charge < -0.3 is 30.1 Å². The van der Waals surface area contributed by atoms with Gasteiger partial charge in [0.25, 0.3) is 5.91 Å². The van der Waals surface area contributed by atoms with Crippen LogP contribution in [-0.4, -0.2) is 65.6 Å². The lowest BCUT2D eigenvalue weighted by atomic mass is 9.96. The molecule has 1 heterocycles. The molecule has 0 unspecified atom stereocenters. The van der Waals surface area contributed by atoms with Crippen molar-refractivity contribution >= 4 is 5.91 Å². The Morgan fingerprint density at radius 3 is 2.52 bits per heavy atom. The first-order chi connectivity index (χ1) is 10.1. The average Bonchev–Trinajstić information content (AvgIpc) is 2.53. The van der Waals surface area contributed by atoms with Crippen LogP contribution >= 0.6 is 0 Å². The van der Waals surface area contributed by atoms with E-state index in [0.29, 0.717) is 5.56 Å². The monoisotopic (exact) mass is 297 g/mol. The van der Waals surface area contributed by atoms with Crippen LogP contribution in [0.5, 0.6) is 0 Å². The van der Waals surface area contributed by atoms with Gasteiger partial charge in [-0.3, -0.25) is 4.79 Å². The Morgan fingerprint density at radius 1 is 1.29 bits per heavy atom. The Hall–Kier alpha value is -1.51. The largest absolute Gasteiger partial charge is 0.394 e. The first-order valence-corrected chi connectivity index (χ1v) is 6.59. The van der Waals surface area contributed by atoms with Gasteiger partial charge in [0.15, 0.2) is 6.29 Å². The summed E-state index contributed by atoms with van der Waals surface area (Å²) in [6.07, 6.45) is -4.56. The van der Waals surface area contributed by atoms with Gasteiger partial charge in [-0.1, -0.05) is 18.2 Å². The van der Waals surface area contributed by atoms with Crippen LogP contribution in [0.15, 0.2) is 30.3 Å². The third-order valence-electron chi connectivity index (χ3n) is 3.45. The molecule has 5 atom stereocenters. The van der Waals surface area contributed by atoms with E-state index in [4.69, 9.17) is 14.6 Å². The summed E-state index contributed by atoms with van der Waals surface area (Å²) in [5, 5.41) is 31.6. The highest BCUT2D eigenvalue weighted by molar-refractivity contribution is 5.94. The minimum atomic E-state index is -1.32. The van der Waals surface area contributed by atoms with Crippen LogP contribution in [-0.2, 0) is 9.47 Å². The van der Waals surface area contributed by atoms with E-state index < -0.39 is 43.2 Å². The van der Waals surface area contributed by atoms with Crippen molar-refractivity contribution in [2.24, 2.45) is 0 Å². The van der Waals surface area contributed by atoms with Gasteiger partial charge in [0.05, 0.1) is 6.61 Å². The molecule has 7 heteroatoms. The van der Waals surface area contributed by atoms with Crippen molar-refractivity contribution in [2.75, 3.05) is 13.7 Å². The zero-order valence-electron chi connectivity index (χ0n) is 11.5. The quantitative estimate of drug-likeness (QED) is 0.560. The van der Waals surface area contributed by atoms with E-state index >= 15 is 0 Å². The minimum Gasteiger partial charge on any atom is -0.394 e. The van der Waals surface area contributed by atoms with E-state index in [-0.39, 0.29) is 0 Å². The highest BCUT2D eigenvalue weighted by Crippen LogP contribution is 2.22. The second-order valence-corrected chi connectivity index (χ2v) is 4.81. The number of hydrogen-bond donors (Lipinski definition) is 4. The molecule has 4 N–H and O–H groups in total. The molecule has 0 spiro atoms. The highest BCUT2D eigenvalue weighted by Gasteiger charge is 2.45. The van der Waals surface area contributed by atoms with E-state index in [9.17, 15) is 15.0 Å². The Morgan fingerprint density at radius 2 is 1.95 bits per heavy atom. The predicted octanol–water partition coefficient (Wildman–Crippen LogP) is -1.13. The normalized spacial score (nSPS) is 32.7. The topological polar surface area (TPSA) is 108 Å². The molecule has 7 nitrogen and oxygen atoms in total. The molecule has 1 aliphatic rings. The fraction of sp³-hybridized carbons (Fsp3) is 0.500. The van der Waals surface area contributed by atoms with Crippen molar-refractivity contribution in [2.45, 2.75) is 30.6 Å². The second-order valence-electron chi connectivity index (χ2n) is 4.81. The van der Waals surface area contributed by atoms with Crippen molar-refractivity contribution in [3.05, 3.63) is 35.9 Å². The summed E-state index contributed by atoms with van der Waals surface area (Å²) in [5.74, 6) is -0.417. The standard InChI is InChI=1S/C14H19NO6/c1-20-14-10(12(18)11(17)9(7-16)21-14)15-13(19)8-5-3-2-4-6-8/h2-6,9-12,14,16-18H,7H2,1H3,(H,15,19)/t9-,10-,11+,12-,14+/m0/s1. The number of amides is 1. The molecule has 1 saturated heterocycles. The highest BCUT2D eigenvalue weighted by atomic mass is 16.7. The number of aliphatic hydroxyl groups excluding tert-OH is 3. The number of nitrogens with one attached hydrogen (secondary N) is 1. The molecule has 0 saturated carbocycles. The summed E-state index contributed by atoms with van der Waals surface area (Å²) in [7, 11) is 1.35. The van der Waals surface area contributed by atoms with Gasteiger partial charge in [0, 0.05) is 12.7 Å². The van der Waals surface area contributed by atoms with Crippen LogP contribution in [0.3, 0.4) is 0 Å². The minimum absolute atomic E-state index is 0.415. The van der Waals surface area contributed by atoms with Crippen LogP contribution < -0.4 is 5.32 Å². The number of benzene rings is 1. The van der Waals surface area contributed by atoms with E-state index in [0.717, 1.165) is 0 Å². The maximum Gasteiger partial charge on any atom is 0.251 e. The maximum atomic E-state index is 12.1. The van der Waals surface area contributed by atoms with Crippen molar-refractivity contribution in [1.29, 1.82) is 0 Å². The van der Waals surface area contributed by atoms with Crippen LogP contribution in [0.1, 0.15) is 10.4 Å². The molecule has 0 aromatic heterocycles. The Bertz CT molecular complexity index is 466. The van der Waals surface area contributed by atoms with Crippen molar-refractivity contribution in [3.8, 4) is 0 Å². The van der Waals surface area contributed by atoms with Crippen LogP contribution in [0.25, 0.3) is 0 Å². The molecule has 1 amide bonds. The Balaban J connectivity index is 2.11. The number of rotatable bonds is 4. The molecule has 0 radical (unpaired) electrons. The average molecular weight is 297 g/mol. The fourth-order valence-corrected chi connectivity index (χ4v) is 2.26. The zero-order chi connectivity index (χ0) is 15.4. The number of carbonyl (C=O) groups excluding carboxylic acids is 1. The molecule has 21 heavy (non-hydrogen) atoms. The van der Waals surface area contributed by atoms with Gasteiger partial charge in [-0.15, -0.1) is 0 Å². The van der Waals surface area contributed by atoms with Gasteiger partial charge >= 0.3 is 0 Å². The van der Waals surface area contributed by atoms with Gasteiger partial charge in [-0.25, -0.2) is 0 Å². The third kappa shape index (κ3) is 3.39. The third-order valence-corrected chi connectivity index (χ3v) is 3.45. The molecule has 0 bridgehead atoms. The van der Waals surface area contributed by atoms with Crippen molar-refractivity contribution in [3.63, 3.8) is 0 Å². The number of hydrogen-bond acceptors (Lipinski definition) is 6. The lowest BCUT2D eigenvalue weighted by Gasteiger charge is -2.41. The van der Waals surface area contributed by atoms with E-state index in [2.05, 4.69) is 5.32 Å². The number of aliphatic hydroxyl groups is 3. The van der Waals surface area contributed by atoms with Gasteiger partial charge in [-0.05, 0) is 12.1 Å². The summed E-state index contributed by atoms with van der Waals surface area (Å²) < 4.78 is 10.4. The number of ether oxygens (including phenoxy) is 2. The van der Waals surface area contributed by atoms with E-state index in [1.54, 1.807) is 30.3 Å². The fourth-order valence-electron chi connectivity index (χ4n) is 2.26. The maximum absolute atomic E-state index is 12.1. The lowest BCUT2D eigenvalue weighted by molar-refractivity contribution is -0.261. The smallest absolute Gasteiger partial charge is 0.251 e. The van der Waals surface area contributed by atoms with Crippen molar-refractivity contribution < 1.29 is 29.6 Å². The molecule has 0 aliphatic carbocycles. The van der Waals surface area contributed by atoms with E-state index in [1.807, 2.05) is 0 Å². The first kappa shape index (κ1) is 15.9. The summed E-state index contributed by atoms with van der Waals surface area (Å²) in [5.41, 5.74) is 0.415. The zero-order valence-corrected chi connectivity index (χ0v) is 11.5. The molecule has 1 aromatic rings. The second kappa shape index (κ2) is 6.97. The molecule has 1 fully saturated rings. The van der Waals surface area contributed by atoms with Crippen LogP contribution in [0.2, 0.25) is 0 Å². The molecule has 116 valence electrons. The molecular formula is C14H19NO6. The lowest BCUT2D eigenvalue weighted by Crippen LogP contribution is -2.64. The summed E-state index contributed by atoms with van der Waals surface area (Å²) in [6.45, 7) is -0.461. The number of methoxy groups -OCH3 is 1. The molecule has 1 aromatic carbocycles. The first-order valence-electron chi connectivity index (χ1n) is 6.59. The van der Waals surface area contributed by atoms with Crippen molar-refractivity contribution in [1.82, 2.24) is 5.32 Å². The summed E-state index contributed by atoms with van der Waals surface area (Å²) in [4.78, 5) is 12.1. The molecular weight excluding hydrogens is 278 g/mol. The van der Waals surface area contributed by atoms with Crippen LogP contribution in [0, 0.1) is 0 Å². The Labute approximate surface area is 122 Å². The van der Waals surface area contributed by atoms with Gasteiger partial charge in [0.1, 0.15) is 24.4 Å². The Kier molecular flexibility index (Phi) is 5.27. The predicted molar refractivity (Wildman–Crippen MR) is 72.5 cm³/mol. The summed E-state index contributed by atoms with van der Waals surface area (Å²) in [6, 6.07) is 7.52. The SMILES string of the molecule is CO[C@@H]1O[C@@H](CO)[C@@H](O)[C@@H](O)[C@@H]1NC(=O)c1ccccc1. The van der Waals surface area contributed by atoms with E-state index in [1.165, 1.54) is 7.11 Å². The van der Waals surface area contributed by atoms with Gasteiger partial charge in [0.2, 0.25) is 0 Å². The van der Waals surface area contributed by atoms with Crippen LogP contribution in [0.4, 0.5) is 0 Å². The molecule has 1 aliphatic heterocycles. The summed E-state index contributed by atoms with van der Waals surface area (Å²) >= 11 is 0. The number of carbonyl (C=O) groups is 1.